The Morgan fingerprint density at radius 2 is 1.67 bits per heavy atom. The molecule has 1 rings (SSSR count). The van der Waals surface area contributed by atoms with E-state index < -0.39 is 0 Å². The molecule has 0 saturated carbocycles. The lowest BCUT2D eigenvalue weighted by atomic mass is 9.93. The predicted octanol–water partition coefficient (Wildman–Crippen LogP) is 2.82. The van der Waals surface area contributed by atoms with Crippen LogP contribution in [0.2, 0.25) is 0 Å². The van der Waals surface area contributed by atoms with Crippen LogP contribution in [0.4, 0.5) is 0 Å². The topological polar surface area (TPSA) is 49.4 Å². The quantitative estimate of drug-likeness (QED) is 0.785. The van der Waals surface area contributed by atoms with Crippen molar-refractivity contribution in [2.75, 3.05) is 6.54 Å². The molecule has 21 heavy (non-hydrogen) atoms. The highest BCUT2D eigenvalue weighted by molar-refractivity contribution is 5.97. The van der Waals surface area contributed by atoms with Gasteiger partial charge < -0.3 is 10.2 Å². The number of rotatable bonds is 7. The summed E-state index contributed by atoms with van der Waals surface area (Å²) in [6, 6.07) is -0.653. The van der Waals surface area contributed by atoms with Crippen molar-refractivity contribution in [3.63, 3.8) is 0 Å². The summed E-state index contributed by atoms with van der Waals surface area (Å²) in [5, 5.41) is 2.92. The van der Waals surface area contributed by atoms with Crippen LogP contribution in [0, 0.1) is 17.8 Å². The maximum absolute atomic E-state index is 12.7. The van der Waals surface area contributed by atoms with E-state index >= 15 is 0 Å². The minimum Gasteiger partial charge on any atom is -0.342 e. The first-order valence-electron chi connectivity index (χ1n) is 8.34. The van der Waals surface area contributed by atoms with Crippen molar-refractivity contribution in [2.45, 2.75) is 72.9 Å². The Hall–Kier alpha value is -1.06. The van der Waals surface area contributed by atoms with Gasteiger partial charge in [-0.15, -0.1) is 0 Å². The summed E-state index contributed by atoms with van der Waals surface area (Å²) in [6.07, 6.45) is 2.80. The largest absolute Gasteiger partial charge is 0.342 e. The van der Waals surface area contributed by atoms with Gasteiger partial charge >= 0.3 is 0 Å². The molecule has 0 aromatic carbocycles. The van der Waals surface area contributed by atoms with Crippen molar-refractivity contribution < 1.29 is 9.59 Å². The van der Waals surface area contributed by atoms with Crippen molar-refractivity contribution in [3.05, 3.63) is 0 Å². The molecular formula is C17H32N2O2. The van der Waals surface area contributed by atoms with E-state index in [9.17, 15) is 9.59 Å². The van der Waals surface area contributed by atoms with Crippen LogP contribution < -0.4 is 5.32 Å². The average Bonchev–Trinajstić information content (AvgIpc) is 2.35. The first-order valence-corrected chi connectivity index (χ1v) is 8.34. The second-order valence-corrected chi connectivity index (χ2v) is 7.44. The molecule has 2 amide bonds. The zero-order valence-electron chi connectivity index (χ0n) is 14.5. The number of hydrogen-bond acceptors (Lipinski definition) is 2. The Bertz CT molecular complexity index is 364. The van der Waals surface area contributed by atoms with E-state index in [1.807, 2.05) is 18.7 Å². The van der Waals surface area contributed by atoms with Crippen LogP contribution in [-0.2, 0) is 9.59 Å². The molecule has 2 atom stereocenters. The van der Waals surface area contributed by atoms with Gasteiger partial charge in [0.25, 0.3) is 0 Å². The third-order valence-corrected chi connectivity index (χ3v) is 4.07. The molecule has 0 aliphatic carbocycles. The molecule has 0 aromatic heterocycles. The van der Waals surface area contributed by atoms with Crippen molar-refractivity contribution in [2.24, 2.45) is 17.8 Å². The van der Waals surface area contributed by atoms with Crippen LogP contribution in [0.1, 0.15) is 60.8 Å². The summed E-state index contributed by atoms with van der Waals surface area (Å²) >= 11 is 0. The highest BCUT2D eigenvalue weighted by Gasteiger charge is 2.41. The number of piperazine rings is 1. The van der Waals surface area contributed by atoms with Gasteiger partial charge in [0.15, 0.2) is 0 Å². The van der Waals surface area contributed by atoms with E-state index in [0.29, 0.717) is 18.4 Å². The number of nitrogens with one attached hydrogen (secondary N) is 1. The van der Waals surface area contributed by atoms with Crippen molar-refractivity contribution in [1.82, 2.24) is 10.2 Å². The Kier molecular flexibility index (Phi) is 6.69. The number of nitrogens with zero attached hydrogens (tertiary/aromatic N) is 1. The summed E-state index contributed by atoms with van der Waals surface area (Å²) in [4.78, 5) is 26.9. The molecule has 1 aliphatic heterocycles. The third-order valence-electron chi connectivity index (χ3n) is 4.07. The van der Waals surface area contributed by atoms with E-state index in [2.05, 4.69) is 33.0 Å². The zero-order valence-corrected chi connectivity index (χ0v) is 14.5. The van der Waals surface area contributed by atoms with E-state index in [-0.39, 0.29) is 29.8 Å². The fraction of sp³-hybridized carbons (Fsp3) is 0.882. The van der Waals surface area contributed by atoms with Crippen LogP contribution in [0.5, 0.6) is 0 Å². The summed E-state index contributed by atoms with van der Waals surface area (Å²) in [5.74, 6) is 1.28. The van der Waals surface area contributed by atoms with Crippen molar-refractivity contribution >= 4 is 11.8 Å². The maximum Gasteiger partial charge on any atom is 0.246 e. The van der Waals surface area contributed by atoms with Gasteiger partial charge in [-0.05, 0) is 37.0 Å². The minimum absolute atomic E-state index is 0.0200. The van der Waals surface area contributed by atoms with E-state index in [1.165, 1.54) is 0 Å². The van der Waals surface area contributed by atoms with Gasteiger partial charge in [-0.1, -0.05) is 41.5 Å². The average molecular weight is 296 g/mol. The molecule has 0 bridgehead atoms. The minimum atomic E-state index is -0.361. The lowest BCUT2D eigenvalue weighted by Gasteiger charge is -2.41. The summed E-state index contributed by atoms with van der Waals surface area (Å²) in [5.41, 5.74) is 0. The summed E-state index contributed by atoms with van der Waals surface area (Å²) in [6.45, 7) is 13.2. The van der Waals surface area contributed by atoms with Crippen LogP contribution in [-0.4, -0.2) is 35.3 Å². The van der Waals surface area contributed by atoms with Crippen LogP contribution in [0.3, 0.4) is 0 Å². The second-order valence-electron chi connectivity index (χ2n) is 7.44. The van der Waals surface area contributed by atoms with Crippen LogP contribution in [0.15, 0.2) is 0 Å². The molecule has 1 heterocycles. The van der Waals surface area contributed by atoms with Gasteiger partial charge in [-0.25, -0.2) is 0 Å². The molecule has 0 aromatic rings. The number of hydrogen-bond donors (Lipinski definition) is 1. The molecule has 1 N–H and O–H groups in total. The molecule has 0 spiro atoms. The SMILES string of the molecule is CC(C)CCCN1C(=O)C(C(C)C)NC(=O)C1CC(C)C. The summed E-state index contributed by atoms with van der Waals surface area (Å²) in [7, 11) is 0. The summed E-state index contributed by atoms with van der Waals surface area (Å²) < 4.78 is 0. The van der Waals surface area contributed by atoms with Crippen molar-refractivity contribution in [1.29, 1.82) is 0 Å². The highest BCUT2D eigenvalue weighted by Crippen LogP contribution is 2.21. The van der Waals surface area contributed by atoms with Gasteiger partial charge in [0.1, 0.15) is 12.1 Å². The van der Waals surface area contributed by atoms with E-state index in [0.717, 1.165) is 19.3 Å². The fourth-order valence-corrected chi connectivity index (χ4v) is 2.85. The zero-order chi connectivity index (χ0) is 16.2. The molecule has 1 aliphatic rings. The van der Waals surface area contributed by atoms with Gasteiger partial charge in [0.2, 0.25) is 11.8 Å². The van der Waals surface area contributed by atoms with Crippen molar-refractivity contribution in [3.8, 4) is 0 Å². The monoisotopic (exact) mass is 296 g/mol. The molecule has 4 nitrogen and oxygen atoms in total. The second kappa shape index (κ2) is 7.81. The molecule has 1 saturated heterocycles. The molecule has 2 unspecified atom stereocenters. The molecule has 122 valence electrons. The normalized spacial score (nSPS) is 23.4. The van der Waals surface area contributed by atoms with Gasteiger partial charge in [-0.3, -0.25) is 9.59 Å². The highest BCUT2D eigenvalue weighted by atomic mass is 16.2. The van der Waals surface area contributed by atoms with Crippen LogP contribution >= 0.6 is 0 Å². The molecule has 4 heteroatoms. The number of carbonyl (C=O) groups excluding carboxylic acids is 2. The van der Waals surface area contributed by atoms with Gasteiger partial charge in [-0.2, -0.15) is 0 Å². The first-order chi connectivity index (χ1) is 9.73. The third kappa shape index (κ3) is 5.01. The number of carbonyl (C=O) groups is 2. The van der Waals surface area contributed by atoms with Gasteiger partial charge in [0, 0.05) is 6.54 Å². The Morgan fingerprint density at radius 1 is 1.05 bits per heavy atom. The van der Waals surface area contributed by atoms with Gasteiger partial charge in [0.05, 0.1) is 0 Å². The fourth-order valence-electron chi connectivity index (χ4n) is 2.85. The lowest BCUT2D eigenvalue weighted by molar-refractivity contribution is -0.151. The van der Waals surface area contributed by atoms with E-state index in [1.54, 1.807) is 0 Å². The Balaban J connectivity index is 2.84. The Morgan fingerprint density at radius 3 is 2.14 bits per heavy atom. The molecule has 0 radical (unpaired) electrons. The standard InChI is InChI=1S/C17H32N2O2/c1-11(2)8-7-9-19-14(10-12(3)4)16(20)18-15(13(5)6)17(19)21/h11-15H,7-10H2,1-6H3,(H,18,20). The maximum atomic E-state index is 12.7. The molecule has 1 fully saturated rings. The van der Waals surface area contributed by atoms with E-state index in [4.69, 9.17) is 0 Å². The predicted molar refractivity (Wildman–Crippen MR) is 85.8 cm³/mol. The smallest absolute Gasteiger partial charge is 0.246 e. The number of amides is 2. The Labute approximate surface area is 129 Å². The van der Waals surface area contributed by atoms with Crippen LogP contribution in [0.25, 0.3) is 0 Å². The molecular weight excluding hydrogens is 264 g/mol. The lowest BCUT2D eigenvalue weighted by Crippen LogP contribution is -2.65. The first kappa shape index (κ1) is 18.0.